The molecular formula is C11H20N2O2. The molecule has 2 aliphatic heterocycles. The van der Waals surface area contributed by atoms with Crippen LogP contribution in [0.2, 0.25) is 0 Å². The van der Waals surface area contributed by atoms with E-state index in [1.54, 1.807) is 0 Å². The summed E-state index contributed by atoms with van der Waals surface area (Å²) in [4.78, 5) is 14.1. The number of hydrogen-bond donors (Lipinski definition) is 2. The zero-order chi connectivity index (χ0) is 11.0. The van der Waals surface area contributed by atoms with Gasteiger partial charge in [0.25, 0.3) is 0 Å². The zero-order valence-electron chi connectivity index (χ0n) is 9.44. The van der Waals surface area contributed by atoms with E-state index in [1.165, 1.54) is 0 Å². The van der Waals surface area contributed by atoms with E-state index in [1.807, 2.05) is 4.90 Å². The fourth-order valence-electron chi connectivity index (χ4n) is 2.51. The van der Waals surface area contributed by atoms with Gasteiger partial charge >= 0.3 is 0 Å². The zero-order valence-corrected chi connectivity index (χ0v) is 9.44. The Morgan fingerprint density at radius 3 is 2.67 bits per heavy atom. The molecule has 1 amide bonds. The van der Waals surface area contributed by atoms with Gasteiger partial charge < -0.3 is 15.3 Å². The van der Waals surface area contributed by atoms with E-state index in [0.717, 1.165) is 13.0 Å². The van der Waals surface area contributed by atoms with Gasteiger partial charge in [-0.25, -0.2) is 0 Å². The molecule has 0 saturated carbocycles. The summed E-state index contributed by atoms with van der Waals surface area (Å²) in [5, 5.41) is 12.5. The first-order chi connectivity index (χ1) is 7.09. The van der Waals surface area contributed by atoms with Crippen molar-refractivity contribution in [1.29, 1.82) is 0 Å². The maximum absolute atomic E-state index is 12.1. The first-order valence-corrected chi connectivity index (χ1v) is 5.81. The van der Waals surface area contributed by atoms with E-state index < -0.39 is 0 Å². The molecule has 2 heterocycles. The molecule has 4 atom stereocenters. The van der Waals surface area contributed by atoms with E-state index in [-0.39, 0.29) is 18.1 Å². The number of likely N-dealkylation sites (tertiary alicyclic amines) is 1. The number of nitrogens with one attached hydrogen (secondary N) is 1. The van der Waals surface area contributed by atoms with Gasteiger partial charge in [0.15, 0.2) is 0 Å². The third-order valence-corrected chi connectivity index (χ3v) is 3.83. The number of nitrogens with zero attached hydrogens (tertiary/aromatic N) is 1. The smallest absolute Gasteiger partial charge is 0.240 e. The molecule has 86 valence electrons. The predicted molar refractivity (Wildman–Crippen MR) is 57.4 cm³/mol. The minimum Gasteiger partial charge on any atom is -0.392 e. The molecule has 0 aromatic rings. The van der Waals surface area contributed by atoms with Gasteiger partial charge in [0.05, 0.1) is 12.1 Å². The number of aliphatic hydroxyl groups is 1. The first kappa shape index (κ1) is 10.9. The largest absolute Gasteiger partial charge is 0.392 e. The van der Waals surface area contributed by atoms with Crippen LogP contribution in [0, 0.1) is 5.92 Å². The van der Waals surface area contributed by atoms with E-state index in [2.05, 4.69) is 19.2 Å². The number of amides is 1. The molecule has 2 aliphatic rings. The van der Waals surface area contributed by atoms with E-state index in [4.69, 9.17) is 0 Å². The van der Waals surface area contributed by atoms with Crippen LogP contribution >= 0.6 is 0 Å². The Morgan fingerprint density at radius 2 is 2.20 bits per heavy atom. The second-order valence-electron chi connectivity index (χ2n) is 4.89. The molecule has 0 radical (unpaired) electrons. The SMILES string of the molecule is CC1CCN(C(=O)[C@H]2C[C@H](O)CN2)C1C. The fraction of sp³-hybridized carbons (Fsp3) is 0.909. The Morgan fingerprint density at radius 1 is 1.47 bits per heavy atom. The molecule has 2 N–H and O–H groups in total. The third-order valence-electron chi connectivity index (χ3n) is 3.83. The van der Waals surface area contributed by atoms with Crippen LogP contribution in [0.25, 0.3) is 0 Å². The molecule has 2 rings (SSSR count). The van der Waals surface area contributed by atoms with Crippen molar-refractivity contribution in [2.75, 3.05) is 13.1 Å². The summed E-state index contributed by atoms with van der Waals surface area (Å²) in [5.41, 5.74) is 0. The van der Waals surface area contributed by atoms with Gasteiger partial charge in [-0.3, -0.25) is 4.79 Å². The molecule has 2 unspecified atom stereocenters. The van der Waals surface area contributed by atoms with Crippen molar-refractivity contribution in [1.82, 2.24) is 10.2 Å². The topological polar surface area (TPSA) is 52.6 Å². The summed E-state index contributed by atoms with van der Waals surface area (Å²) in [5.74, 6) is 0.767. The lowest BCUT2D eigenvalue weighted by atomic mass is 10.0. The van der Waals surface area contributed by atoms with Gasteiger partial charge in [0.2, 0.25) is 5.91 Å². The molecule has 2 fully saturated rings. The van der Waals surface area contributed by atoms with Crippen LogP contribution in [0.1, 0.15) is 26.7 Å². The van der Waals surface area contributed by atoms with Gasteiger partial charge in [-0.1, -0.05) is 6.92 Å². The summed E-state index contributed by atoms with van der Waals surface area (Å²) in [7, 11) is 0. The molecule has 0 spiro atoms. The Bertz CT molecular complexity index is 257. The summed E-state index contributed by atoms with van der Waals surface area (Å²) in [6, 6.07) is 0.185. The molecule has 2 saturated heterocycles. The third kappa shape index (κ3) is 2.01. The van der Waals surface area contributed by atoms with Gasteiger partial charge in [-0.15, -0.1) is 0 Å². The van der Waals surface area contributed by atoms with Gasteiger partial charge in [-0.2, -0.15) is 0 Å². The van der Waals surface area contributed by atoms with Crippen molar-refractivity contribution in [3.63, 3.8) is 0 Å². The minimum absolute atomic E-state index is 0.159. The molecule has 15 heavy (non-hydrogen) atoms. The summed E-state index contributed by atoms with van der Waals surface area (Å²) < 4.78 is 0. The van der Waals surface area contributed by atoms with Crippen LogP contribution in [0.4, 0.5) is 0 Å². The highest BCUT2D eigenvalue weighted by molar-refractivity contribution is 5.82. The number of β-amino-alcohol motifs (C(OH)–C–C–N with tert-alkyl or cyclic N) is 1. The average molecular weight is 212 g/mol. The Balaban J connectivity index is 1.96. The molecule has 4 nitrogen and oxygen atoms in total. The van der Waals surface area contributed by atoms with Crippen LogP contribution in [-0.2, 0) is 4.79 Å². The monoisotopic (exact) mass is 212 g/mol. The van der Waals surface area contributed by atoms with Crippen molar-refractivity contribution >= 4 is 5.91 Å². The highest BCUT2D eigenvalue weighted by Gasteiger charge is 2.37. The van der Waals surface area contributed by atoms with Gasteiger partial charge in [-0.05, 0) is 25.7 Å². The van der Waals surface area contributed by atoms with Crippen molar-refractivity contribution in [2.24, 2.45) is 5.92 Å². The van der Waals surface area contributed by atoms with Crippen LogP contribution in [-0.4, -0.2) is 47.2 Å². The second-order valence-corrected chi connectivity index (χ2v) is 4.89. The lowest BCUT2D eigenvalue weighted by Crippen LogP contribution is -2.45. The normalized spacial score (nSPS) is 41.1. The maximum Gasteiger partial charge on any atom is 0.240 e. The highest BCUT2D eigenvalue weighted by Crippen LogP contribution is 2.25. The first-order valence-electron chi connectivity index (χ1n) is 5.81. The van der Waals surface area contributed by atoms with E-state index >= 15 is 0 Å². The van der Waals surface area contributed by atoms with Gasteiger partial charge in [0.1, 0.15) is 0 Å². The lowest BCUT2D eigenvalue weighted by molar-refractivity contribution is -0.134. The number of rotatable bonds is 1. The van der Waals surface area contributed by atoms with Crippen LogP contribution < -0.4 is 5.32 Å². The van der Waals surface area contributed by atoms with Crippen molar-refractivity contribution in [2.45, 2.75) is 44.9 Å². The standard InChI is InChI=1S/C11H20N2O2/c1-7-3-4-13(8(7)2)11(15)10-5-9(14)6-12-10/h7-10,12,14H,3-6H2,1-2H3/t7?,8?,9-,10+/m0/s1. The maximum atomic E-state index is 12.1. The number of carbonyl (C=O) groups is 1. The Kier molecular flexibility index (Phi) is 2.98. The Hall–Kier alpha value is -0.610. The molecule has 4 heteroatoms. The van der Waals surface area contributed by atoms with Crippen LogP contribution in [0.3, 0.4) is 0 Å². The van der Waals surface area contributed by atoms with Crippen LogP contribution in [0.15, 0.2) is 0 Å². The molecule has 0 aromatic carbocycles. The average Bonchev–Trinajstić information content (AvgIpc) is 2.75. The van der Waals surface area contributed by atoms with Crippen LogP contribution in [0.5, 0.6) is 0 Å². The van der Waals surface area contributed by atoms with Crippen molar-refractivity contribution < 1.29 is 9.90 Å². The molecule has 0 bridgehead atoms. The summed E-state index contributed by atoms with van der Waals surface area (Å²) in [6.45, 7) is 5.72. The molecule has 0 aliphatic carbocycles. The predicted octanol–water partition coefficient (Wildman–Crippen LogP) is -0.0339. The van der Waals surface area contributed by atoms with E-state index in [0.29, 0.717) is 24.9 Å². The summed E-state index contributed by atoms with van der Waals surface area (Å²) in [6.07, 6.45) is 1.31. The number of aliphatic hydroxyl groups excluding tert-OH is 1. The molecular weight excluding hydrogens is 192 g/mol. The lowest BCUT2D eigenvalue weighted by Gasteiger charge is -2.26. The minimum atomic E-state index is -0.353. The number of carbonyl (C=O) groups excluding carboxylic acids is 1. The van der Waals surface area contributed by atoms with E-state index in [9.17, 15) is 9.90 Å². The quantitative estimate of drug-likeness (QED) is 0.641. The van der Waals surface area contributed by atoms with Crippen molar-refractivity contribution in [3.05, 3.63) is 0 Å². The van der Waals surface area contributed by atoms with Gasteiger partial charge in [0, 0.05) is 19.1 Å². The van der Waals surface area contributed by atoms with Crippen molar-refractivity contribution in [3.8, 4) is 0 Å². The molecule has 0 aromatic heterocycles. The Labute approximate surface area is 90.6 Å². The highest BCUT2D eigenvalue weighted by atomic mass is 16.3. The fourth-order valence-corrected chi connectivity index (χ4v) is 2.51. The second kappa shape index (κ2) is 4.10. The number of hydrogen-bond acceptors (Lipinski definition) is 3. The summed E-state index contributed by atoms with van der Waals surface area (Å²) >= 11 is 0.